The molecule has 0 radical (unpaired) electrons. The molecule has 0 atom stereocenters. The first-order chi connectivity index (χ1) is 13.1. The Morgan fingerprint density at radius 2 is 1.93 bits per heavy atom. The molecule has 27 heavy (non-hydrogen) atoms. The number of halogens is 1. The predicted octanol–water partition coefficient (Wildman–Crippen LogP) is 4.52. The lowest BCUT2D eigenvalue weighted by atomic mass is 10.1. The summed E-state index contributed by atoms with van der Waals surface area (Å²) in [6.07, 6.45) is 0.672. The largest absolute Gasteiger partial charge is 0.493 e. The maximum atomic E-state index is 12.1. The molecule has 5 nitrogen and oxygen atoms in total. The van der Waals surface area contributed by atoms with E-state index in [1.165, 1.54) is 11.8 Å². The third-order valence-electron chi connectivity index (χ3n) is 3.76. The number of hydrazone groups is 1. The van der Waals surface area contributed by atoms with E-state index in [9.17, 15) is 4.79 Å². The van der Waals surface area contributed by atoms with E-state index in [1.54, 1.807) is 14.2 Å². The van der Waals surface area contributed by atoms with Gasteiger partial charge in [0.1, 0.15) is 0 Å². The second kappa shape index (κ2) is 10.8. The Morgan fingerprint density at radius 1 is 1.15 bits per heavy atom. The van der Waals surface area contributed by atoms with Gasteiger partial charge in [-0.05, 0) is 42.3 Å². The van der Waals surface area contributed by atoms with Gasteiger partial charge in [0.25, 0.3) is 0 Å². The molecule has 144 valence electrons. The molecule has 2 aromatic carbocycles. The summed E-state index contributed by atoms with van der Waals surface area (Å²) in [6, 6.07) is 13.2. The fourth-order valence-corrected chi connectivity index (χ4v) is 3.39. The molecule has 0 heterocycles. The maximum Gasteiger partial charge on any atom is 0.250 e. The zero-order valence-corrected chi connectivity index (χ0v) is 17.2. The molecule has 0 aliphatic heterocycles. The summed E-state index contributed by atoms with van der Waals surface area (Å²) in [5, 5.41) is 4.97. The molecule has 2 rings (SSSR count). The van der Waals surface area contributed by atoms with Gasteiger partial charge in [-0.15, -0.1) is 11.8 Å². The fraction of sp³-hybridized carbons (Fsp3) is 0.300. The molecule has 0 aliphatic carbocycles. The van der Waals surface area contributed by atoms with Crippen molar-refractivity contribution in [2.45, 2.75) is 19.1 Å². The van der Waals surface area contributed by atoms with Crippen LogP contribution in [0.15, 0.2) is 47.6 Å². The van der Waals surface area contributed by atoms with Gasteiger partial charge < -0.3 is 9.47 Å². The van der Waals surface area contributed by atoms with Gasteiger partial charge in [0.15, 0.2) is 11.5 Å². The van der Waals surface area contributed by atoms with Crippen LogP contribution in [0, 0.1) is 0 Å². The Hall–Kier alpha value is -2.18. The van der Waals surface area contributed by atoms with Crippen molar-refractivity contribution in [2.75, 3.05) is 20.0 Å². The summed E-state index contributed by atoms with van der Waals surface area (Å²) >= 11 is 7.48. The normalized spacial score (nSPS) is 11.2. The highest BCUT2D eigenvalue weighted by molar-refractivity contribution is 7.99. The first kappa shape index (κ1) is 21.1. The van der Waals surface area contributed by atoms with Gasteiger partial charge in [-0.25, -0.2) is 5.43 Å². The summed E-state index contributed by atoms with van der Waals surface area (Å²) in [7, 11) is 3.18. The van der Waals surface area contributed by atoms with Crippen molar-refractivity contribution >= 4 is 35.0 Å². The minimum absolute atomic E-state index is 0.145. The lowest BCUT2D eigenvalue weighted by molar-refractivity contribution is -0.118. The zero-order valence-electron chi connectivity index (χ0n) is 15.6. The number of ether oxygens (including phenoxy) is 2. The Labute approximate surface area is 169 Å². The van der Waals surface area contributed by atoms with Gasteiger partial charge >= 0.3 is 0 Å². The highest BCUT2D eigenvalue weighted by Crippen LogP contribution is 2.28. The van der Waals surface area contributed by atoms with Crippen molar-refractivity contribution in [3.05, 3.63) is 58.6 Å². The van der Waals surface area contributed by atoms with E-state index in [1.807, 2.05) is 49.4 Å². The second-order valence-corrected chi connectivity index (χ2v) is 7.06. The number of carbonyl (C=O) groups is 1. The fourth-order valence-electron chi connectivity index (χ4n) is 2.41. The van der Waals surface area contributed by atoms with Crippen molar-refractivity contribution in [3.63, 3.8) is 0 Å². The predicted molar refractivity (Wildman–Crippen MR) is 112 cm³/mol. The van der Waals surface area contributed by atoms with Crippen molar-refractivity contribution in [2.24, 2.45) is 5.10 Å². The summed E-state index contributed by atoms with van der Waals surface area (Å²) < 4.78 is 10.6. The van der Waals surface area contributed by atoms with Crippen LogP contribution in [-0.2, 0) is 10.5 Å². The van der Waals surface area contributed by atoms with E-state index >= 15 is 0 Å². The van der Waals surface area contributed by atoms with Crippen LogP contribution in [0.5, 0.6) is 11.5 Å². The monoisotopic (exact) mass is 406 g/mol. The average Bonchev–Trinajstić information content (AvgIpc) is 2.68. The number of rotatable bonds is 9. The minimum atomic E-state index is -0.145. The van der Waals surface area contributed by atoms with E-state index in [0.717, 1.165) is 16.8 Å². The third-order valence-corrected chi connectivity index (χ3v) is 5.00. The topological polar surface area (TPSA) is 59.9 Å². The molecule has 1 amide bonds. The molecule has 0 spiro atoms. The Bertz CT molecular complexity index is 812. The van der Waals surface area contributed by atoms with Crippen LogP contribution < -0.4 is 14.9 Å². The molecule has 0 fully saturated rings. The Balaban J connectivity index is 1.92. The van der Waals surface area contributed by atoms with Crippen molar-refractivity contribution in [1.29, 1.82) is 0 Å². The summed E-state index contributed by atoms with van der Waals surface area (Å²) in [4.78, 5) is 12.1. The first-order valence-electron chi connectivity index (χ1n) is 8.47. The first-order valence-corrected chi connectivity index (χ1v) is 10.0. The molecular formula is C20H23ClN2O3S. The average molecular weight is 407 g/mol. The number of hydrogen-bond donors (Lipinski definition) is 1. The molecule has 0 bridgehead atoms. The highest BCUT2D eigenvalue weighted by atomic mass is 35.5. The van der Waals surface area contributed by atoms with E-state index in [2.05, 4.69) is 10.5 Å². The number of nitrogens with one attached hydrogen (secondary N) is 1. The molecule has 0 aliphatic rings. The minimum Gasteiger partial charge on any atom is -0.493 e. The molecule has 7 heteroatoms. The number of benzene rings is 2. The SMILES string of the molecule is CC/C(=N\NC(=O)CSCc1cccc(Cl)c1)c1ccc(OC)c(OC)c1. The van der Waals surface area contributed by atoms with Gasteiger partial charge in [-0.2, -0.15) is 5.10 Å². The Morgan fingerprint density at radius 3 is 2.59 bits per heavy atom. The maximum absolute atomic E-state index is 12.1. The van der Waals surface area contributed by atoms with E-state index in [4.69, 9.17) is 21.1 Å². The van der Waals surface area contributed by atoms with Gasteiger partial charge in [-0.3, -0.25) is 4.79 Å². The van der Waals surface area contributed by atoms with Crippen LogP contribution in [0.1, 0.15) is 24.5 Å². The van der Waals surface area contributed by atoms with Crippen LogP contribution in [0.3, 0.4) is 0 Å². The van der Waals surface area contributed by atoms with Gasteiger partial charge in [0, 0.05) is 16.3 Å². The molecular weight excluding hydrogens is 384 g/mol. The van der Waals surface area contributed by atoms with Crippen LogP contribution >= 0.6 is 23.4 Å². The quantitative estimate of drug-likeness (QED) is 0.491. The summed E-state index contributed by atoms with van der Waals surface area (Å²) in [5.41, 5.74) is 5.36. The number of amides is 1. The number of nitrogens with zero attached hydrogens (tertiary/aromatic N) is 1. The summed E-state index contributed by atoms with van der Waals surface area (Å²) in [5.74, 6) is 2.17. The van der Waals surface area contributed by atoms with Crippen LogP contribution in [-0.4, -0.2) is 31.6 Å². The molecule has 1 N–H and O–H groups in total. The van der Waals surface area contributed by atoms with E-state index in [0.29, 0.717) is 34.4 Å². The van der Waals surface area contributed by atoms with Crippen molar-refractivity contribution in [3.8, 4) is 11.5 Å². The highest BCUT2D eigenvalue weighted by Gasteiger charge is 2.09. The summed E-state index contributed by atoms with van der Waals surface area (Å²) in [6.45, 7) is 1.98. The molecule has 0 saturated heterocycles. The van der Waals surface area contributed by atoms with E-state index in [-0.39, 0.29) is 5.91 Å². The van der Waals surface area contributed by atoms with Crippen molar-refractivity contribution < 1.29 is 14.3 Å². The molecule has 2 aromatic rings. The third kappa shape index (κ3) is 6.48. The smallest absolute Gasteiger partial charge is 0.250 e. The molecule has 0 aromatic heterocycles. The van der Waals surface area contributed by atoms with Gasteiger partial charge in [0.05, 0.1) is 25.7 Å². The van der Waals surface area contributed by atoms with Crippen LogP contribution in [0.2, 0.25) is 5.02 Å². The van der Waals surface area contributed by atoms with E-state index < -0.39 is 0 Å². The number of hydrogen-bond acceptors (Lipinski definition) is 5. The van der Waals surface area contributed by atoms with Crippen LogP contribution in [0.25, 0.3) is 0 Å². The number of methoxy groups -OCH3 is 2. The lowest BCUT2D eigenvalue weighted by Gasteiger charge is -2.10. The molecule has 0 unspecified atom stereocenters. The Kier molecular flexibility index (Phi) is 8.48. The lowest BCUT2D eigenvalue weighted by Crippen LogP contribution is -2.21. The van der Waals surface area contributed by atoms with Gasteiger partial charge in [-0.1, -0.05) is 30.7 Å². The standard InChI is InChI=1S/C20H23ClN2O3S/c1-4-17(15-8-9-18(25-2)19(11-15)26-3)22-23-20(24)13-27-12-14-6-5-7-16(21)10-14/h5-11H,4,12-13H2,1-3H3,(H,23,24)/b22-17+. The number of thioether (sulfide) groups is 1. The second-order valence-electron chi connectivity index (χ2n) is 5.64. The van der Waals surface area contributed by atoms with Crippen molar-refractivity contribution in [1.82, 2.24) is 5.43 Å². The molecule has 0 saturated carbocycles. The van der Waals surface area contributed by atoms with Gasteiger partial charge in [0.2, 0.25) is 5.91 Å². The van der Waals surface area contributed by atoms with Crippen LogP contribution in [0.4, 0.5) is 0 Å². The zero-order chi connectivity index (χ0) is 19.6. The number of carbonyl (C=O) groups excluding carboxylic acids is 1.